The molecule has 0 amide bonds. The van der Waals surface area contributed by atoms with Gasteiger partial charge in [0.05, 0.1) is 6.61 Å². The minimum Gasteiger partial charge on any atom is -0.477 e. The smallest absolute Gasteiger partial charge is 0.221 e. The van der Waals surface area contributed by atoms with Crippen LogP contribution in [0.15, 0.2) is 48.7 Å². The Kier molecular flexibility index (Phi) is 3.54. The molecule has 0 atom stereocenters. The first-order chi connectivity index (χ1) is 7.92. The summed E-state index contributed by atoms with van der Waals surface area (Å²) >= 11 is 0. The topological polar surface area (TPSA) is 22.1 Å². The highest BCUT2D eigenvalue weighted by atomic mass is 16.5. The molecule has 2 rings (SSSR count). The number of benzene rings is 1. The van der Waals surface area contributed by atoms with Gasteiger partial charge < -0.3 is 4.74 Å². The van der Waals surface area contributed by atoms with Crippen LogP contribution in [0, 0.1) is 0 Å². The molecular weight excluding hydrogens is 198 g/mol. The van der Waals surface area contributed by atoms with E-state index in [-0.39, 0.29) is 0 Å². The second-order valence-electron chi connectivity index (χ2n) is 3.57. The van der Waals surface area contributed by atoms with Crippen molar-refractivity contribution in [3.05, 3.63) is 48.7 Å². The van der Waals surface area contributed by atoms with Crippen molar-refractivity contribution in [2.24, 2.45) is 0 Å². The van der Waals surface area contributed by atoms with Gasteiger partial charge in [0, 0.05) is 11.8 Å². The molecule has 2 aromatic rings. The number of pyridine rings is 1. The Morgan fingerprint density at radius 2 is 1.88 bits per heavy atom. The summed E-state index contributed by atoms with van der Waals surface area (Å²) in [6.45, 7) is 2.79. The molecule has 0 fully saturated rings. The molecule has 0 spiro atoms. The predicted octanol–water partition coefficient (Wildman–Crippen LogP) is 3.54. The Hall–Kier alpha value is -1.83. The standard InChI is InChI=1S/C14H15NO/c1-2-11-16-14-13(9-6-10-15-14)12-7-4-3-5-8-12/h3-10H,2,11H2,1H3. The van der Waals surface area contributed by atoms with Gasteiger partial charge in [-0.25, -0.2) is 4.98 Å². The van der Waals surface area contributed by atoms with E-state index < -0.39 is 0 Å². The summed E-state index contributed by atoms with van der Waals surface area (Å²) in [7, 11) is 0. The molecule has 2 heteroatoms. The molecule has 2 nitrogen and oxygen atoms in total. The van der Waals surface area contributed by atoms with Crippen LogP contribution in [0.4, 0.5) is 0 Å². The van der Waals surface area contributed by atoms with Crippen LogP contribution in [0.2, 0.25) is 0 Å². The predicted molar refractivity (Wildman–Crippen MR) is 65.5 cm³/mol. The quantitative estimate of drug-likeness (QED) is 0.775. The van der Waals surface area contributed by atoms with E-state index in [1.807, 2.05) is 30.3 Å². The third-order valence-electron chi connectivity index (χ3n) is 2.30. The molecule has 0 radical (unpaired) electrons. The number of ether oxygens (including phenoxy) is 1. The molecule has 1 aromatic heterocycles. The third kappa shape index (κ3) is 2.40. The van der Waals surface area contributed by atoms with Gasteiger partial charge in [-0.15, -0.1) is 0 Å². The van der Waals surface area contributed by atoms with Gasteiger partial charge in [0.25, 0.3) is 0 Å². The molecule has 82 valence electrons. The van der Waals surface area contributed by atoms with E-state index >= 15 is 0 Å². The molecule has 0 saturated carbocycles. The van der Waals surface area contributed by atoms with E-state index in [4.69, 9.17) is 4.74 Å². The number of aromatic nitrogens is 1. The first-order valence-electron chi connectivity index (χ1n) is 5.55. The summed E-state index contributed by atoms with van der Waals surface area (Å²) in [5, 5.41) is 0. The highest BCUT2D eigenvalue weighted by molar-refractivity contribution is 5.68. The van der Waals surface area contributed by atoms with Gasteiger partial charge in [-0.2, -0.15) is 0 Å². The molecule has 1 heterocycles. The molecular formula is C14H15NO. The number of rotatable bonds is 4. The summed E-state index contributed by atoms with van der Waals surface area (Å²) in [5.74, 6) is 0.718. The molecule has 0 saturated heterocycles. The van der Waals surface area contributed by atoms with E-state index in [9.17, 15) is 0 Å². The van der Waals surface area contributed by atoms with Gasteiger partial charge in [-0.1, -0.05) is 37.3 Å². The van der Waals surface area contributed by atoms with Crippen molar-refractivity contribution in [2.75, 3.05) is 6.61 Å². The number of hydrogen-bond donors (Lipinski definition) is 0. The fourth-order valence-electron chi connectivity index (χ4n) is 1.54. The maximum Gasteiger partial charge on any atom is 0.221 e. The number of hydrogen-bond acceptors (Lipinski definition) is 2. The van der Waals surface area contributed by atoms with E-state index in [0.29, 0.717) is 6.61 Å². The van der Waals surface area contributed by atoms with Crippen LogP contribution in [0.25, 0.3) is 11.1 Å². The first-order valence-corrected chi connectivity index (χ1v) is 5.55. The zero-order valence-corrected chi connectivity index (χ0v) is 9.39. The molecule has 0 unspecified atom stereocenters. The summed E-state index contributed by atoms with van der Waals surface area (Å²) in [6, 6.07) is 14.1. The monoisotopic (exact) mass is 213 g/mol. The van der Waals surface area contributed by atoms with Crippen LogP contribution in [0.3, 0.4) is 0 Å². The van der Waals surface area contributed by atoms with Crippen LogP contribution in [-0.4, -0.2) is 11.6 Å². The van der Waals surface area contributed by atoms with Crippen LogP contribution >= 0.6 is 0 Å². The van der Waals surface area contributed by atoms with E-state index in [0.717, 1.165) is 23.4 Å². The first kappa shape index (κ1) is 10.7. The lowest BCUT2D eigenvalue weighted by Crippen LogP contribution is -1.98. The molecule has 1 aromatic carbocycles. The molecule has 16 heavy (non-hydrogen) atoms. The molecule has 0 aliphatic rings. The van der Waals surface area contributed by atoms with Gasteiger partial charge in [0.2, 0.25) is 5.88 Å². The van der Waals surface area contributed by atoms with Crippen LogP contribution in [-0.2, 0) is 0 Å². The largest absolute Gasteiger partial charge is 0.477 e. The summed E-state index contributed by atoms with van der Waals surface area (Å²) in [4.78, 5) is 4.27. The molecule has 0 N–H and O–H groups in total. The fourth-order valence-corrected chi connectivity index (χ4v) is 1.54. The van der Waals surface area contributed by atoms with Crippen molar-refractivity contribution >= 4 is 0 Å². The summed E-state index contributed by atoms with van der Waals surface area (Å²) < 4.78 is 5.63. The molecule has 0 aliphatic heterocycles. The Labute approximate surface area is 95.9 Å². The highest BCUT2D eigenvalue weighted by Crippen LogP contribution is 2.27. The Morgan fingerprint density at radius 1 is 1.06 bits per heavy atom. The Morgan fingerprint density at radius 3 is 2.62 bits per heavy atom. The fraction of sp³-hybridized carbons (Fsp3) is 0.214. The molecule has 0 aliphatic carbocycles. The van der Waals surface area contributed by atoms with E-state index in [1.54, 1.807) is 6.20 Å². The maximum atomic E-state index is 5.63. The van der Waals surface area contributed by atoms with Crippen molar-refractivity contribution in [3.8, 4) is 17.0 Å². The van der Waals surface area contributed by atoms with Crippen molar-refractivity contribution < 1.29 is 4.74 Å². The van der Waals surface area contributed by atoms with Crippen molar-refractivity contribution in [1.29, 1.82) is 0 Å². The summed E-state index contributed by atoms with van der Waals surface area (Å²) in [5.41, 5.74) is 2.19. The van der Waals surface area contributed by atoms with Gasteiger partial charge in [-0.05, 0) is 24.1 Å². The lowest BCUT2D eigenvalue weighted by Gasteiger charge is -2.09. The van der Waals surface area contributed by atoms with Crippen LogP contribution in [0.1, 0.15) is 13.3 Å². The summed E-state index contributed by atoms with van der Waals surface area (Å²) in [6.07, 6.45) is 2.75. The Bertz CT molecular complexity index is 439. The number of nitrogens with zero attached hydrogens (tertiary/aromatic N) is 1. The van der Waals surface area contributed by atoms with Gasteiger partial charge in [-0.3, -0.25) is 0 Å². The SMILES string of the molecule is CCCOc1ncccc1-c1ccccc1. The van der Waals surface area contributed by atoms with Crippen molar-refractivity contribution in [2.45, 2.75) is 13.3 Å². The van der Waals surface area contributed by atoms with Gasteiger partial charge >= 0.3 is 0 Å². The lowest BCUT2D eigenvalue weighted by atomic mass is 10.1. The zero-order chi connectivity index (χ0) is 11.2. The Balaban J connectivity index is 2.33. The highest BCUT2D eigenvalue weighted by Gasteiger charge is 2.05. The van der Waals surface area contributed by atoms with Gasteiger partial charge in [0.1, 0.15) is 0 Å². The zero-order valence-electron chi connectivity index (χ0n) is 9.39. The molecule has 0 bridgehead atoms. The lowest BCUT2D eigenvalue weighted by molar-refractivity contribution is 0.306. The van der Waals surface area contributed by atoms with Crippen LogP contribution < -0.4 is 4.74 Å². The normalized spacial score (nSPS) is 10.1. The van der Waals surface area contributed by atoms with Crippen LogP contribution in [0.5, 0.6) is 5.88 Å². The maximum absolute atomic E-state index is 5.63. The minimum absolute atomic E-state index is 0.705. The van der Waals surface area contributed by atoms with Gasteiger partial charge in [0.15, 0.2) is 0 Å². The second-order valence-corrected chi connectivity index (χ2v) is 3.57. The third-order valence-corrected chi connectivity index (χ3v) is 2.30. The minimum atomic E-state index is 0.705. The average molecular weight is 213 g/mol. The van der Waals surface area contributed by atoms with E-state index in [2.05, 4.69) is 24.0 Å². The average Bonchev–Trinajstić information content (AvgIpc) is 2.38. The second kappa shape index (κ2) is 5.31. The van der Waals surface area contributed by atoms with E-state index in [1.165, 1.54) is 0 Å². The van der Waals surface area contributed by atoms with Crippen molar-refractivity contribution in [3.63, 3.8) is 0 Å². The van der Waals surface area contributed by atoms with Crippen molar-refractivity contribution in [1.82, 2.24) is 4.98 Å².